The maximum absolute atomic E-state index is 12.2. The minimum absolute atomic E-state index is 0.0722. The van der Waals surface area contributed by atoms with Crippen LogP contribution < -0.4 is 0 Å². The van der Waals surface area contributed by atoms with Gasteiger partial charge in [0.15, 0.2) is 5.82 Å². The molecule has 0 bridgehead atoms. The van der Waals surface area contributed by atoms with E-state index in [1.807, 2.05) is 20.8 Å². The van der Waals surface area contributed by atoms with E-state index in [1.54, 1.807) is 11.1 Å². The molecule has 0 spiro atoms. The molecule has 0 aliphatic carbocycles. The van der Waals surface area contributed by atoms with Crippen molar-refractivity contribution < 1.29 is 9.90 Å². The van der Waals surface area contributed by atoms with Gasteiger partial charge in [0.05, 0.1) is 5.60 Å². The van der Waals surface area contributed by atoms with Crippen molar-refractivity contribution in [1.29, 1.82) is 0 Å². The average Bonchev–Trinajstić information content (AvgIpc) is 2.74. The van der Waals surface area contributed by atoms with Gasteiger partial charge in [-0.2, -0.15) is 0 Å². The Labute approximate surface area is 107 Å². The molecule has 100 valence electrons. The van der Waals surface area contributed by atoms with Crippen LogP contribution in [0, 0.1) is 12.8 Å². The number of rotatable bonds is 2. The molecule has 1 aromatic rings. The fraction of sp³-hybridized carbons (Fsp3) is 0.692. The third kappa shape index (κ3) is 2.72. The van der Waals surface area contributed by atoms with Crippen LogP contribution in [0.2, 0.25) is 0 Å². The normalized spacial score (nSPS) is 21.1. The highest BCUT2D eigenvalue weighted by molar-refractivity contribution is 5.90. The summed E-state index contributed by atoms with van der Waals surface area (Å²) in [5.74, 6) is 0.451. The molecule has 1 saturated heterocycles. The Morgan fingerprint density at radius 1 is 1.61 bits per heavy atom. The Kier molecular flexibility index (Phi) is 3.43. The minimum atomic E-state index is -0.738. The quantitative estimate of drug-likeness (QED) is 0.833. The molecule has 1 aliphatic rings. The number of hydrogen-bond acceptors (Lipinski definition) is 3. The van der Waals surface area contributed by atoms with Crippen LogP contribution in [0.4, 0.5) is 0 Å². The van der Waals surface area contributed by atoms with Crippen molar-refractivity contribution in [1.82, 2.24) is 14.9 Å². The van der Waals surface area contributed by atoms with Gasteiger partial charge < -0.3 is 15.0 Å². The summed E-state index contributed by atoms with van der Waals surface area (Å²) in [5.41, 5.74) is 0.146. The summed E-state index contributed by atoms with van der Waals surface area (Å²) in [7, 11) is 0. The van der Waals surface area contributed by atoms with Crippen molar-refractivity contribution >= 4 is 5.91 Å². The molecule has 18 heavy (non-hydrogen) atoms. The maximum Gasteiger partial charge on any atom is 0.289 e. The van der Waals surface area contributed by atoms with Gasteiger partial charge in [-0.3, -0.25) is 4.79 Å². The van der Waals surface area contributed by atoms with E-state index in [2.05, 4.69) is 9.97 Å². The second-order valence-corrected chi connectivity index (χ2v) is 5.66. The third-order valence-corrected chi connectivity index (χ3v) is 3.61. The number of aromatic nitrogens is 2. The number of likely N-dealkylation sites (tertiary alicyclic amines) is 1. The third-order valence-electron chi connectivity index (χ3n) is 3.61. The highest BCUT2D eigenvalue weighted by atomic mass is 16.3. The molecule has 2 N–H and O–H groups in total. The molecule has 1 atom stereocenters. The Hall–Kier alpha value is -1.36. The fourth-order valence-corrected chi connectivity index (χ4v) is 2.41. The van der Waals surface area contributed by atoms with E-state index in [4.69, 9.17) is 0 Å². The summed E-state index contributed by atoms with van der Waals surface area (Å²) in [6, 6.07) is 0. The lowest BCUT2D eigenvalue weighted by molar-refractivity contribution is -0.0148. The molecular weight excluding hydrogens is 230 g/mol. The molecule has 2 rings (SSSR count). The van der Waals surface area contributed by atoms with Crippen molar-refractivity contribution in [3.63, 3.8) is 0 Å². The molecule has 0 saturated carbocycles. The van der Waals surface area contributed by atoms with Gasteiger partial charge in [0, 0.05) is 30.9 Å². The van der Waals surface area contributed by atoms with E-state index < -0.39 is 5.60 Å². The molecule has 5 heteroatoms. The van der Waals surface area contributed by atoms with Crippen molar-refractivity contribution in [2.45, 2.75) is 39.2 Å². The number of aliphatic hydroxyl groups is 1. The van der Waals surface area contributed by atoms with Crippen LogP contribution >= 0.6 is 0 Å². The van der Waals surface area contributed by atoms with Crippen molar-refractivity contribution in [2.75, 3.05) is 13.1 Å². The number of hydrogen-bond donors (Lipinski definition) is 2. The molecular formula is C13H21N3O2. The number of aryl methyl sites for hydroxylation is 1. The van der Waals surface area contributed by atoms with Gasteiger partial charge in [-0.05, 0) is 33.6 Å². The van der Waals surface area contributed by atoms with E-state index >= 15 is 0 Å². The summed E-state index contributed by atoms with van der Waals surface area (Å²) >= 11 is 0. The number of piperidine rings is 1. The number of carbonyl (C=O) groups excluding carboxylic acids is 1. The molecule has 0 unspecified atom stereocenters. The lowest BCUT2D eigenvalue weighted by Gasteiger charge is -2.38. The first-order chi connectivity index (χ1) is 8.38. The molecule has 1 aliphatic heterocycles. The molecule has 1 aromatic heterocycles. The van der Waals surface area contributed by atoms with Gasteiger partial charge in [0.2, 0.25) is 0 Å². The lowest BCUT2D eigenvalue weighted by Crippen LogP contribution is -2.47. The molecule has 2 heterocycles. The van der Waals surface area contributed by atoms with E-state index in [-0.39, 0.29) is 11.8 Å². The maximum atomic E-state index is 12.2. The number of amides is 1. The first kappa shape index (κ1) is 13.1. The Morgan fingerprint density at radius 3 is 2.89 bits per heavy atom. The SMILES string of the molecule is Cc1cnc(C(=O)N2CCC[C@@H](C(C)(C)O)C2)[nH]1. The van der Waals surface area contributed by atoms with Gasteiger partial charge in [0.1, 0.15) is 0 Å². The molecule has 5 nitrogen and oxygen atoms in total. The van der Waals surface area contributed by atoms with Gasteiger partial charge in [-0.15, -0.1) is 0 Å². The fourth-order valence-electron chi connectivity index (χ4n) is 2.41. The van der Waals surface area contributed by atoms with Crippen molar-refractivity contribution in [3.8, 4) is 0 Å². The molecule has 1 fully saturated rings. The summed E-state index contributed by atoms with van der Waals surface area (Å²) in [5, 5.41) is 10.1. The number of carbonyl (C=O) groups is 1. The number of H-pyrrole nitrogens is 1. The van der Waals surface area contributed by atoms with Gasteiger partial charge in [0.25, 0.3) is 5.91 Å². The van der Waals surface area contributed by atoms with Gasteiger partial charge in [-0.25, -0.2) is 4.98 Å². The summed E-state index contributed by atoms with van der Waals surface area (Å²) < 4.78 is 0. The van der Waals surface area contributed by atoms with Crippen LogP contribution in [0.15, 0.2) is 6.20 Å². The monoisotopic (exact) mass is 251 g/mol. The first-order valence-corrected chi connectivity index (χ1v) is 6.41. The van der Waals surface area contributed by atoms with Crippen molar-refractivity contribution in [3.05, 3.63) is 17.7 Å². The van der Waals surface area contributed by atoms with E-state index in [9.17, 15) is 9.90 Å². The standard InChI is InChI=1S/C13H21N3O2/c1-9-7-14-11(15-9)12(17)16-6-4-5-10(8-16)13(2,3)18/h7,10,18H,4-6,8H2,1-3H3,(H,14,15)/t10-/m1/s1. The highest BCUT2D eigenvalue weighted by Gasteiger charge is 2.33. The second kappa shape index (κ2) is 4.72. The topological polar surface area (TPSA) is 69.2 Å². The number of aromatic amines is 1. The Bertz CT molecular complexity index is 434. The largest absolute Gasteiger partial charge is 0.390 e. The average molecular weight is 251 g/mol. The zero-order valence-corrected chi connectivity index (χ0v) is 11.2. The van der Waals surface area contributed by atoms with Crippen LogP contribution in [0.1, 0.15) is 43.0 Å². The number of nitrogens with one attached hydrogen (secondary N) is 1. The zero-order valence-electron chi connectivity index (χ0n) is 11.2. The summed E-state index contributed by atoms with van der Waals surface area (Å²) in [6.45, 7) is 6.83. The highest BCUT2D eigenvalue weighted by Crippen LogP contribution is 2.27. The van der Waals surface area contributed by atoms with Gasteiger partial charge >= 0.3 is 0 Å². The van der Waals surface area contributed by atoms with Gasteiger partial charge in [-0.1, -0.05) is 0 Å². The smallest absolute Gasteiger partial charge is 0.289 e. The van der Waals surface area contributed by atoms with E-state index in [0.29, 0.717) is 12.4 Å². The van der Waals surface area contributed by atoms with Crippen LogP contribution in [-0.2, 0) is 0 Å². The summed E-state index contributed by atoms with van der Waals surface area (Å²) in [4.78, 5) is 21.0. The molecule has 1 amide bonds. The lowest BCUT2D eigenvalue weighted by atomic mass is 9.84. The second-order valence-electron chi connectivity index (χ2n) is 5.66. The van der Waals surface area contributed by atoms with Crippen LogP contribution in [0.25, 0.3) is 0 Å². The predicted molar refractivity (Wildman–Crippen MR) is 68.3 cm³/mol. The zero-order chi connectivity index (χ0) is 13.3. The Balaban J connectivity index is 2.07. The molecule has 0 aromatic carbocycles. The number of imidazole rings is 1. The van der Waals surface area contributed by atoms with Crippen molar-refractivity contribution in [2.24, 2.45) is 5.92 Å². The van der Waals surface area contributed by atoms with Crippen LogP contribution in [-0.4, -0.2) is 44.6 Å². The summed E-state index contributed by atoms with van der Waals surface area (Å²) in [6.07, 6.45) is 3.55. The first-order valence-electron chi connectivity index (χ1n) is 6.41. The minimum Gasteiger partial charge on any atom is -0.390 e. The van der Waals surface area contributed by atoms with E-state index in [0.717, 1.165) is 25.1 Å². The number of nitrogens with zero attached hydrogens (tertiary/aromatic N) is 2. The van der Waals surface area contributed by atoms with Crippen LogP contribution in [0.3, 0.4) is 0 Å². The van der Waals surface area contributed by atoms with E-state index in [1.165, 1.54) is 0 Å². The van der Waals surface area contributed by atoms with Crippen LogP contribution in [0.5, 0.6) is 0 Å². The molecule has 0 radical (unpaired) electrons. The Morgan fingerprint density at radius 2 is 2.33 bits per heavy atom. The predicted octanol–water partition coefficient (Wildman–Crippen LogP) is 1.34.